The van der Waals surface area contributed by atoms with Gasteiger partial charge in [0.1, 0.15) is 22.2 Å². The molecule has 2 amide bonds. The van der Waals surface area contributed by atoms with Gasteiger partial charge in [0.2, 0.25) is 0 Å². The van der Waals surface area contributed by atoms with Gasteiger partial charge in [-0.15, -0.1) is 0 Å². The van der Waals surface area contributed by atoms with Gasteiger partial charge in [-0.05, 0) is 48.9 Å². The van der Waals surface area contributed by atoms with Crippen molar-refractivity contribution in [3.63, 3.8) is 0 Å². The molecule has 2 aromatic carbocycles. The number of halogens is 1. The lowest BCUT2D eigenvalue weighted by atomic mass is 10.2. The zero-order chi connectivity index (χ0) is 18.1. The molecule has 0 spiro atoms. The Labute approximate surface area is 149 Å². The van der Waals surface area contributed by atoms with Crippen LogP contribution in [0.4, 0.5) is 11.4 Å². The second-order valence-electron chi connectivity index (χ2n) is 5.48. The van der Waals surface area contributed by atoms with Crippen molar-refractivity contribution >= 4 is 34.8 Å². The van der Waals surface area contributed by atoms with Gasteiger partial charge < -0.3 is 15.2 Å². The summed E-state index contributed by atoms with van der Waals surface area (Å²) in [7, 11) is 1.52. The van der Waals surface area contributed by atoms with Crippen LogP contribution in [0.2, 0.25) is 0 Å². The van der Waals surface area contributed by atoms with Gasteiger partial charge in [-0.25, -0.2) is 4.90 Å². The molecule has 128 valence electrons. The SMILES string of the molecule is COc1ccc(N2C(=O)C(Cl)=C(Nc3cc(C)ccc3O)C2=O)cc1. The third-order valence-corrected chi connectivity index (χ3v) is 4.12. The number of nitrogens with one attached hydrogen (secondary N) is 1. The number of imide groups is 1. The fourth-order valence-corrected chi connectivity index (χ4v) is 2.67. The maximum atomic E-state index is 12.7. The molecule has 0 aromatic heterocycles. The molecule has 1 heterocycles. The minimum Gasteiger partial charge on any atom is -0.506 e. The first-order valence-electron chi connectivity index (χ1n) is 7.41. The van der Waals surface area contributed by atoms with Crippen molar-refractivity contribution in [3.8, 4) is 11.5 Å². The van der Waals surface area contributed by atoms with E-state index in [-0.39, 0.29) is 16.5 Å². The van der Waals surface area contributed by atoms with Gasteiger partial charge >= 0.3 is 0 Å². The Bertz CT molecular complexity index is 890. The molecular weight excluding hydrogens is 344 g/mol. The van der Waals surface area contributed by atoms with Gasteiger partial charge in [-0.3, -0.25) is 9.59 Å². The molecule has 3 rings (SSSR count). The number of hydrogen-bond donors (Lipinski definition) is 2. The fraction of sp³-hybridized carbons (Fsp3) is 0.111. The largest absolute Gasteiger partial charge is 0.506 e. The molecule has 2 aromatic rings. The van der Waals surface area contributed by atoms with Crippen molar-refractivity contribution in [3.05, 3.63) is 58.8 Å². The van der Waals surface area contributed by atoms with E-state index in [1.165, 1.54) is 13.2 Å². The fourth-order valence-electron chi connectivity index (χ4n) is 2.46. The van der Waals surface area contributed by atoms with Crippen LogP contribution in [0, 0.1) is 6.92 Å². The number of anilines is 2. The summed E-state index contributed by atoms with van der Waals surface area (Å²) in [6.07, 6.45) is 0. The number of aromatic hydroxyl groups is 1. The number of aryl methyl sites for hydroxylation is 1. The Balaban J connectivity index is 1.92. The zero-order valence-corrected chi connectivity index (χ0v) is 14.3. The summed E-state index contributed by atoms with van der Waals surface area (Å²) in [5, 5.41) is 12.5. The molecule has 0 unspecified atom stereocenters. The van der Waals surface area contributed by atoms with Gasteiger partial charge in [0.25, 0.3) is 11.8 Å². The summed E-state index contributed by atoms with van der Waals surface area (Å²) in [5.41, 5.74) is 1.47. The highest BCUT2D eigenvalue weighted by atomic mass is 35.5. The first-order valence-corrected chi connectivity index (χ1v) is 7.79. The van der Waals surface area contributed by atoms with Crippen LogP contribution in [0.25, 0.3) is 0 Å². The van der Waals surface area contributed by atoms with Gasteiger partial charge in [0, 0.05) is 0 Å². The van der Waals surface area contributed by atoms with Crippen molar-refractivity contribution in [2.24, 2.45) is 0 Å². The number of methoxy groups -OCH3 is 1. The number of carbonyl (C=O) groups is 2. The van der Waals surface area contributed by atoms with Gasteiger partial charge in [-0.1, -0.05) is 17.7 Å². The van der Waals surface area contributed by atoms with Crippen LogP contribution in [-0.4, -0.2) is 24.0 Å². The van der Waals surface area contributed by atoms with E-state index < -0.39 is 11.8 Å². The Morgan fingerprint density at radius 2 is 1.76 bits per heavy atom. The predicted molar refractivity (Wildman–Crippen MR) is 94.8 cm³/mol. The third-order valence-electron chi connectivity index (χ3n) is 3.77. The number of amides is 2. The van der Waals surface area contributed by atoms with E-state index in [1.807, 2.05) is 6.92 Å². The second-order valence-corrected chi connectivity index (χ2v) is 5.86. The molecule has 0 atom stereocenters. The highest BCUT2D eigenvalue weighted by Crippen LogP contribution is 2.33. The van der Waals surface area contributed by atoms with E-state index in [2.05, 4.69) is 5.32 Å². The number of phenolic OH excluding ortho intramolecular Hbond substituents is 1. The summed E-state index contributed by atoms with van der Waals surface area (Å²) in [5.74, 6) is -0.678. The predicted octanol–water partition coefficient (Wildman–Crippen LogP) is 3.14. The minimum absolute atomic E-state index is 0.0503. The quantitative estimate of drug-likeness (QED) is 0.648. The lowest BCUT2D eigenvalue weighted by Gasteiger charge is -2.15. The lowest BCUT2D eigenvalue weighted by Crippen LogP contribution is -2.32. The number of hydrogen-bond acceptors (Lipinski definition) is 5. The molecule has 2 N–H and O–H groups in total. The average Bonchev–Trinajstić information content (AvgIpc) is 2.82. The average molecular weight is 359 g/mol. The molecule has 0 fully saturated rings. The Kier molecular flexibility index (Phi) is 4.37. The lowest BCUT2D eigenvalue weighted by molar-refractivity contribution is -0.120. The maximum absolute atomic E-state index is 12.7. The molecule has 6 nitrogen and oxygen atoms in total. The molecular formula is C18H15ClN2O4. The molecule has 1 aliphatic heterocycles. The summed E-state index contributed by atoms with van der Waals surface area (Å²) >= 11 is 6.07. The molecule has 0 saturated carbocycles. The zero-order valence-electron chi connectivity index (χ0n) is 13.5. The van der Waals surface area contributed by atoms with Crippen LogP contribution in [0.5, 0.6) is 11.5 Å². The maximum Gasteiger partial charge on any atom is 0.283 e. The van der Waals surface area contributed by atoms with E-state index in [0.717, 1.165) is 10.5 Å². The molecule has 1 aliphatic rings. The van der Waals surface area contributed by atoms with E-state index in [4.69, 9.17) is 16.3 Å². The van der Waals surface area contributed by atoms with Crippen molar-refractivity contribution in [1.29, 1.82) is 0 Å². The molecule has 0 radical (unpaired) electrons. The van der Waals surface area contributed by atoms with Crippen molar-refractivity contribution in [2.45, 2.75) is 6.92 Å². The summed E-state index contributed by atoms with van der Waals surface area (Å²) in [6.45, 7) is 1.84. The topological polar surface area (TPSA) is 78.9 Å². The minimum atomic E-state index is -0.633. The van der Waals surface area contributed by atoms with Crippen LogP contribution in [-0.2, 0) is 9.59 Å². The number of benzene rings is 2. The van der Waals surface area contributed by atoms with E-state index in [1.54, 1.807) is 36.4 Å². The molecule has 0 saturated heterocycles. The Morgan fingerprint density at radius 1 is 1.08 bits per heavy atom. The number of nitrogens with zero attached hydrogens (tertiary/aromatic N) is 1. The van der Waals surface area contributed by atoms with Crippen LogP contribution in [0.3, 0.4) is 0 Å². The van der Waals surface area contributed by atoms with Gasteiger partial charge in [-0.2, -0.15) is 0 Å². The summed E-state index contributed by atoms with van der Waals surface area (Å²) < 4.78 is 5.07. The molecule has 0 bridgehead atoms. The van der Waals surface area contributed by atoms with Crippen molar-refractivity contribution in [2.75, 3.05) is 17.3 Å². The van der Waals surface area contributed by atoms with E-state index >= 15 is 0 Å². The van der Waals surface area contributed by atoms with E-state index in [0.29, 0.717) is 17.1 Å². The van der Waals surface area contributed by atoms with Crippen LogP contribution in [0.15, 0.2) is 53.2 Å². The standard InChI is InChI=1S/C18H15ClN2O4/c1-10-3-8-14(22)13(9-10)20-16-15(19)17(23)21(18(16)24)11-4-6-12(25-2)7-5-11/h3-9,20,22H,1-2H3. The van der Waals surface area contributed by atoms with Gasteiger partial charge in [0.15, 0.2) is 0 Å². The summed E-state index contributed by atoms with van der Waals surface area (Å²) in [6, 6.07) is 11.3. The molecule has 7 heteroatoms. The van der Waals surface area contributed by atoms with Crippen LogP contribution in [0.1, 0.15) is 5.56 Å². The van der Waals surface area contributed by atoms with Crippen LogP contribution < -0.4 is 15.0 Å². The molecule has 0 aliphatic carbocycles. The smallest absolute Gasteiger partial charge is 0.283 e. The van der Waals surface area contributed by atoms with Crippen LogP contribution >= 0.6 is 11.6 Å². The first-order chi connectivity index (χ1) is 11.9. The number of rotatable bonds is 4. The number of phenols is 1. The van der Waals surface area contributed by atoms with Gasteiger partial charge in [0.05, 0.1) is 18.5 Å². The monoisotopic (exact) mass is 358 g/mol. The number of ether oxygens (including phenoxy) is 1. The highest BCUT2D eigenvalue weighted by Gasteiger charge is 2.39. The van der Waals surface area contributed by atoms with E-state index in [9.17, 15) is 14.7 Å². The summed E-state index contributed by atoms with van der Waals surface area (Å²) in [4.78, 5) is 26.0. The highest BCUT2D eigenvalue weighted by molar-refractivity contribution is 6.53. The van der Waals surface area contributed by atoms with Crippen molar-refractivity contribution in [1.82, 2.24) is 0 Å². The third kappa shape index (κ3) is 3.04. The first kappa shape index (κ1) is 16.9. The Hall–Kier alpha value is -2.99. The Morgan fingerprint density at radius 3 is 2.40 bits per heavy atom. The molecule has 25 heavy (non-hydrogen) atoms. The normalized spacial score (nSPS) is 14.3. The van der Waals surface area contributed by atoms with Crippen molar-refractivity contribution < 1.29 is 19.4 Å². The number of carbonyl (C=O) groups excluding carboxylic acids is 2. The second kappa shape index (κ2) is 6.49.